The summed E-state index contributed by atoms with van der Waals surface area (Å²) in [6, 6.07) is 13.7. The molecule has 2 aliphatic heterocycles. The van der Waals surface area contributed by atoms with Gasteiger partial charge < -0.3 is 9.80 Å². The average molecular weight is 544 g/mol. The highest BCUT2D eigenvalue weighted by Gasteiger charge is 2.37. The molecule has 9 heteroatoms. The molecule has 1 atom stereocenters. The first kappa shape index (κ1) is 26.8. The minimum absolute atomic E-state index is 0.0490. The number of aromatic nitrogens is 1. The van der Waals surface area contributed by atoms with Crippen LogP contribution in [0.2, 0.25) is 0 Å². The lowest BCUT2D eigenvalue weighted by molar-refractivity contribution is -0.143. The molecule has 0 bridgehead atoms. The first-order valence-corrected chi connectivity index (χ1v) is 12.6. The van der Waals surface area contributed by atoms with Gasteiger partial charge in [0, 0.05) is 49.0 Å². The monoisotopic (exact) mass is 543 g/mol. The molecule has 0 radical (unpaired) electrons. The van der Waals surface area contributed by atoms with Crippen molar-refractivity contribution in [2.45, 2.75) is 39.2 Å². The molecule has 0 unspecified atom stereocenters. The molecule has 1 aromatic heterocycles. The van der Waals surface area contributed by atoms with Crippen LogP contribution in [-0.4, -0.2) is 27.9 Å². The van der Waals surface area contributed by atoms with Gasteiger partial charge in [-0.2, -0.15) is 26.3 Å². The van der Waals surface area contributed by atoms with E-state index in [1.165, 1.54) is 0 Å². The summed E-state index contributed by atoms with van der Waals surface area (Å²) in [7, 11) is 0. The van der Waals surface area contributed by atoms with Crippen molar-refractivity contribution in [3.8, 4) is 0 Å². The Morgan fingerprint density at radius 2 is 1.56 bits per heavy atom. The summed E-state index contributed by atoms with van der Waals surface area (Å²) in [5.74, 6) is 0.150. The van der Waals surface area contributed by atoms with E-state index in [0.29, 0.717) is 13.1 Å². The number of aryl methyl sites for hydroxylation is 1. The highest BCUT2D eigenvalue weighted by Crippen LogP contribution is 2.37. The lowest BCUT2D eigenvalue weighted by Crippen LogP contribution is -2.42. The molecule has 2 aliphatic rings. The fraction of sp³-hybridized carbons (Fsp3) is 0.300. The quantitative estimate of drug-likeness (QED) is 0.375. The van der Waals surface area contributed by atoms with Crippen LogP contribution >= 0.6 is 0 Å². The minimum atomic E-state index is -4.89. The van der Waals surface area contributed by atoms with E-state index in [4.69, 9.17) is 0 Å². The first-order valence-electron chi connectivity index (χ1n) is 12.6. The highest BCUT2D eigenvalue weighted by molar-refractivity contribution is 5.80. The largest absolute Gasteiger partial charge is 0.416 e. The van der Waals surface area contributed by atoms with E-state index < -0.39 is 23.5 Å². The van der Waals surface area contributed by atoms with Crippen LogP contribution in [0, 0.1) is 12.8 Å². The van der Waals surface area contributed by atoms with Gasteiger partial charge in [-0.15, -0.1) is 0 Å². The van der Waals surface area contributed by atoms with Crippen molar-refractivity contribution in [3.05, 3.63) is 111 Å². The normalized spacial score (nSPS) is 18.0. The zero-order chi connectivity index (χ0) is 27.9. The summed E-state index contributed by atoms with van der Waals surface area (Å²) in [5.41, 5.74) is 1.13. The fourth-order valence-corrected chi connectivity index (χ4v) is 5.11. The lowest BCUT2D eigenvalue weighted by Gasteiger charge is -2.36. The number of alkyl halides is 6. The van der Waals surface area contributed by atoms with Gasteiger partial charge in [-0.05, 0) is 54.7 Å². The lowest BCUT2D eigenvalue weighted by atomic mass is 9.95. The Balaban J connectivity index is 1.65. The molecule has 0 spiro atoms. The number of rotatable bonds is 3. The number of benzene rings is 2. The minimum Gasteiger partial charge on any atom is -0.371 e. The zero-order valence-electron chi connectivity index (χ0n) is 21.4. The van der Waals surface area contributed by atoms with Crippen molar-refractivity contribution < 1.29 is 26.3 Å². The standard InChI is InChI=1S/C30H27F6N3/c1-19-5-7-22(8-6-19)28-25-4-3-10-37-26(25)17-39-11-9-20(2)15-38(18-27(28)39)16-21-12-23(29(31,32)33)14-24(13-21)30(34,35)36/h3-8,10,12-14,17-18,20H,9,11,15-16H2,1-2H3/t20-/m1/s1. The van der Waals surface area contributed by atoms with E-state index in [2.05, 4.69) is 9.88 Å². The van der Waals surface area contributed by atoms with Crippen LogP contribution in [0.1, 0.15) is 41.2 Å². The molecule has 204 valence electrons. The van der Waals surface area contributed by atoms with Gasteiger partial charge in [-0.1, -0.05) is 42.8 Å². The molecule has 0 N–H and O–H groups in total. The van der Waals surface area contributed by atoms with Crippen LogP contribution in [-0.2, 0) is 18.9 Å². The Kier molecular flexibility index (Phi) is 6.95. The number of fused-ring (bicyclic) bond motifs is 2. The maximum absolute atomic E-state index is 13.5. The Morgan fingerprint density at radius 1 is 0.897 bits per heavy atom. The number of nitrogens with zero attached hydrogens (tertiary/aromatic N) is 3. The van der Waals surface area contributed by atoms with Crippen LogP contribution in [0.15, 0.2) is 72.7 Å². The van der Waals surface area contributed by atoms with Gasteiger partial charge in [0.25, 0.3) is 0 Å². The SMILES string of the molecule is Cc1ccc(C2=c3cccnc3=CN3CC[C@@H](C)CN(Cc4cc(C(F)(F)F)cc(C(F)(F)F)c4)C=C23)cc1. The fourth-order valence-electron chi connectivity index (χ4n) is 5.11. The molecule has 0 amide bonds. The van der Waals surface area contributed by atoms with Crippen LogP contribution in [0.3, 0.4) is 0 Å². The molecule has 3 nitrogen and oxygen atoms in total. The van der Waals surface area contributed by atoms with Gasteiger partial charge >= 0.3 is 12.4 Å². The summed E-state index contributed by atoms with van der Waals surface area (Å²) in [6.07, 6.45) is -3.45. The highest BCUT2D eigenvalue weighted by atomic mass is 19.4. The van der Waals surface area contributed by atoms with Crippen LogP contribution in [0.4, 0.5) is 26.3 Å². The van der Waals surface area contributed by atoms with Gasteiger partial charge in [-0.3, -0.25) is 4.98 Å². The summed E-state index contributed by atoms with van der Waals surface area (Å²) >= 11 is 0. The topological polar surface area (TPSA) is 19.4 Å². The molecular formula is C30H27F6N3. The van der Waals surface area contributed by atoms with Crippen molar-refractivity contribution >= 4 is 11.8 Å². The molecule has 2 aromatic carbocycles. The number of allylic oxidation sites excluding steroid dienone is 1. The summed E-state index contributed by atoms with van der Waals surface area (Å²) in [4.78, 5) is 8.47. The van der Waals surface area contributed by atoms with E-state index >= 15 is 0 Å². The maximum atomic E-state index is 13.5. The van der Waals surface area contributed by atoms with Crippen molar-refractivity contribution in [1.29, 1.82) is 0 Å². The Labute approximate surface area is 222 Å². The molecule has 0 aliphatic carbocycles. The number of pyridine rings is 1. The maximum Gasteiger partial charge on any atom is 0.416 e. The van der Waals surface area contributed by atoms with Crippen LogP contribution < -0.4 is 10.6 Å². The molecule has 0 saturated heterocycles. The third-order valence-corrected chi connectivity index (χ3v) is 7.04. The molecule has 39 heavy (non-hydrogen) atoms. The van der Waals surface area contributed by atoms with Crippen molar-refractivity contribution in [2.24, 2.45) is 5.92 Å². The van der Waals surface area contributed by atoms with Crippen LogP contribution in [0.5, 0.6) is 0 Å². The molecule has 5 rings (SSSR count). The first-order chi connectivity index (χ1) is 18.4. The van der Waals surface area contributed by atoms with Crippen LogP contribution in [0.25, 0.3) is 11.8 Å². The van der Waals surface area contributed by atoms with E-state index in [-0.39, 0.29) is 24.1 Å². The number of hydrogen-bond acceptors (Lipinski definition) is 3. The van der Waals surface area contributed by atoms with Crippen molar-refractivity contribution in [2.75, 3.05) is 13.1 Å². The second-order valence-electron chi connectivity index (χ2n) is 10.3. The number of hydrogen-bond donors (Lipinski definition) is 0. The van der Waals surface area contributed by atoms with E-state index in [0.717, 1.165) is 51.5 Å². The Hall–Kier alpha value is -3.75. The zero-order valence-corrected chi connectivity index (χ0v) is 21.4. The summed E-state index contributed by atoms with van der Waals surface area (Å²) in [6.45, 7) is 5.10. The van der Waals surface area contributed by atoms with Gasteiger partial charge in [0.05, 0.1) is 22.2 Å². The van der Waals surface area contributed by atoms with E-state index in [1.807, 2.05) is 67.5 Å². The number of halogens is 6. The molecule has 0 saturated carbocycles. The van der Waals surface area contributed by atoms with Gasteiger partial charge in [0.1, 0.15) is 0 Å². The second kappa shape index (κ2) is 10.1. The second-order valence-corrected chi connectivity index (χ2v) is 10.3. The molecular weight excluding hydrogens is 516 g/mol. The third-order valence-electron chi connectivity index (χ3n) is 7.04. The van der Waals surface area contributed by atoms with Crippen molar-refractivity contribution in [1.82, 2.24) is 14.8 Å². The van der Waals surface area contributed by atoms with Crippen molar-refractivity contribution in [3.63, 3.8) is 0 Å². The predicted molar refractivity (Wildman–Crippen MR) is 137 cm³/mol. The third kappa shape index (κ3) is 5.82. The predicted octanol–water partition coefficient (Wildman–Crippen LogP) is 6.06. The van der Waals surface area contributed by atoms with E-state index in [9.17, 15) is 26.3 Å². The Morgan fingerprint density at radius 3 is 2.21 bits per heavy atom. The smallest absolute Gasteiger partial charge is 0.371 e. The Bertz CT molecular complexity index is 1490. The average Bonchev–Trinajstić information content (AvgIpc) is 2.86. The van der Waals surface area contributed by atoms with Gasteiger partial charge in [0.15, 0.2) is 0 Å². The van der Waals surface area contributed by atoms with E-state index in [1.54, 1.807) is 6.20 Å². The van der Waals surface area contributed by atoms with Gasteiger partial charge in [0.2, 0.25) is 0 Å². The molecule has 0 fully saturated rings. The molecule has 3 aromatic rings. The molecule has 3 heterocycles. The summed E-state index contributed by atoms with van der Waals surface area (Å²) < 4.78 is 81.1. The summed E-state index contributed by atoms with van der Waals surface area (Å²) in [5, 5.41) is 1.72. The van der Waals surface area contributed by atoms with Gasteiger partial charge in [-0.25, -0.2) is 0 Å².